The number of anilines is 3. The van der Waals surface area contributed by atoms with Crippen LogP contribution in [0.4, 0.5) is 39.0 Å². The van der Waals surface area contributed by atoms with Crippen LogP contribution in [0.5, 0.6) is 0 Å². The molecule has 7 heteroatoms. The van der Waals surface area contributed by atoms with E-state index in [0.29, 0.717) is 5.69 Å². The molecule has 1 heterocycles. The molecule has 0 amide bonds. The Kier molecular flexibility index (Phi) is 8.53. The normalized spacial score (nSPS) is 12.0. The van der Waals surface area contributed by atoms with Gasteiger partial charge >= 0.3 is 0 Å². The number of aromatic nitrogens is 1. The summed E-state index contributed by atoms with van der Waals surface area (Å²) in [5, 5.41) is 0. The summed E-state index contributed by atoms with van der Waals surface area (Å²) in [7, 11) is 0. The molecule has 0 unspecified atom stereocenters. The van der Waals surface area contributed by atoms with Crippen molar-refractivity contribution in [1.29, 1.82) is 0 Å². The van der Waals surface area contributed by atoms with Crippen LogP contribution in [0, 0.1) is 36.0 Å². The van der Waals surface area contributed by atoms with Crippen molar-refractivity contribution in [2.24, 2.45) is 0 Å². The first-order chi connectivity index (χ1) is 20.7. The minimum atomic E-state index is -2.22. The van der Waals surface area contributed by atoms with Crippen molar-refractivity contribution in [2.75, 3.05) is 4.90 Å². The first-order valence-electron chi connectivity index (χ1n) is 13.5. The fourth-order valence-corrected chi connectivity index (χ4v) is 4.63. The van der Waals surface area contributed by atoms with Crippen LogP contribution in [0.25, 0.3) is 22.4 Å². The van der Waals surface area contributed by atoms with E-state index in [1.165, 1.54) is 17.8 Å². The Bertz CT molecular complexity index is 1780. The Morgan fingerprint density at radius 1 is 0.581 bits per heavy atom. The fraction of sp³-hybridized carbons (Fsp3) is 0.0833. The van der Waals surface area contributed by atoms with Crippen molar-refractivity contribution in [3.8, 4) is 11.3 Å². The van der Waals surface area contributed by atoms with Gasteiger partial charge in [-0.3, -0.25) is 4.98 Å². The summed E-state index contributed by atoms with van der Waals surface area (Å²) in [5.41, 5.74) is 5.63. The molecule has 0 spiro atoms. The molecule has 0 N–H and O–H groups in total. The number of rotatable bonds is 7. The largest absolute Gasteiger partial charge is 0.304 e. The number of hydrogen-bond donors (Lipinski definition) is 0. The van der Waals surface area contributed by atoms with Gasteiger partial charge in [-0.2, -0.15) is 0 Å². The molecule has 0 saturated heterocycles. The van der Waals surface area contributed by atoms with Crippen LogP contribution in [0.3, 0.4) is 0 Å². The third kappa shape index (κ3) is 6.11. The molecular formula is C36H27F5N2. The van der Waals surface area contributed by atoms with Crippen molar-refractivity contribution in [3.05, 3.63) is 155 Å². The minimum Gasteiger partial charge on any atom is -0.304 e. The summed E-state index contributed by atoms with van der Waals surface area (Å²) in [6, 6.07) is 27.1. The average molecular weight is 583 g/mol. The summed E-state index contributed by atoms with van der Waals surface area (Å²) in [5.74, 6) is -10.2. The molecule has 0 radical (unpaired) electrons. The van der Waals surface area contributed by atoms with Crippen LogP contribution in [0.2, 0.25) is 0 Å². The summed E-state index contributed by atoms with van der Waals surface area (Å²) in [6.45, 7) is 5.96. The quantitative estimate of drug-likeness (QED) is 0.0821. The van der Waals surface area contributed by atoms with Crippen molar-refractivity contribution in [1.82, 2.24) is 4.98 Å². The van der Waals surface area contributed by atoms with Crippen LogP contribution in [0.1, 0.15) is 30.5 Å². The first kappa shape index (κ1) is 29.5. The molecule has 0 saturated carbocycles. The molecule has 4 aromatic carbocycles. The van der Waals surface area contributed by atoms with Crippen LogP contribution in [0.15, 0.2) is 109 Å². The summed E-state index contributed by atoms with van der Waals surface area (Å²) < 4.78 is 72.8. The maximum atomic E-state index is 15.1. The van der Waals surface area contributed by atoms with Gasteiger partial charge in [0.05, 0.1) is 17.6 Å². The lowest BCUT2D eigenvalue weighted by molar-refractivity contribution is 0.380. The van der Waals surface area contributed by atoms with Gasteiger partial charge in [0.15, 0.2) is 23.3 Å². The van der Waals surface area contributed by atoms with Gasteiger partial charge in [0, 0.05) is 11.3 Å². The van der Waals surface area contributed by atoms with E-state index in [1.54, 1.807) is 30.3 Å². The number of allylic oxidation sites excluding steroid dienone is 4. The monoisotopic (exact) mass is 582 g/mol. The third-order valence-electron chi connectivity index (χ3n) is 7.16. The van der Waals surface area contributed by atoms with E-state index >= 15 is 8.78 Å². The number of pyridine rings is 1. The van der Waals surface area contributed by atoms with Gasteiger partial charge < -0.3 is 4.90 Å². The highest BCUT2D eigenvalue weighted by atomic mass is 19.2. The zero-order valence-electron chi connectivity index (χ0n) is 23.7. The van der Waals surface area contributed by atoms with Crippen LogP contribution in [-0.2, 0) is 0 Å². The van der Waals surface area contributed by atoms with E-state index < -0.39 is 34.8 Å². The standard InChI is InChI=1S/C36H27F5N2/c1-22-9-13-25(14-10-22)23(2)11-12-24(3)26-15-17-28(18-16-26)43(36-34(40)32(38)31(37)33(39)35(36)41)29-19-20-30(42-21-29)27-7-5-4-6-8-27/h4-21H,1-3H3/b23-11+,24-12+. The zero-order valence-corrected chi connectivity index (χ0v) is 23.7. The molecule has 43 heavy (non-hydrogen) atoms. The second-order valence-electron chi connectivity index (χ2n) is 10.1. The lowest BCUT2D eigenvalue weighted by atomic mass is 10.0. The van der Waals surface area contributed by atoms with Gasteiger partial charge in [-0.1, -0.05) is 84.4 Å². The summed E-state index contributed by atoms with van der Waals surface area (Å²) in [6.07, 6.45) is 5.28. The summed E-state index contributed by atoms with van der Waals surface area (Å²) in [4.78, 5) is 5.37. The van der Waals surface area contributed by atoms with E-state index in [2.05, 4.69) is 4.98 Å². The number of halogens is 5. The Morgan fingerprint density at radius 3 is 1.58 bits per heavy atom. The number of benzene rings is 4. The molecular weight excluding hydrogens is 555 g/mol. The average Bonchev–Trinajstić information content (AvgIpc) is 3.04. The van der Waals surface area contributed by atoms with E-state index in [4.69, 9.17) is 0 Å². The number of hydrogen-bond acceptors (Lipinski definition) is 2. The lowest BCUT2D eigenvalue weighted by Gasteiger charge is -2.26. The minimum absolute atomic E-state index is 0.111. The molecule has 1 aromatic heterocycles. The lowest BCUT2D eigenvalue weighted by Crippen LogP contribution is -2.17. The molecule has 0 fully saturated rings. The highest BCUT2D eigenvalue weighted by molar-refractivity contribution is 5.79. The van der Waals surface area contributed by atoms with Crippen LogP contribution in [-0.4, -0.2) is 4.98 Å². The molecule has 0 aliphatic rings. The van der Waals surface area contributed by atoms with Crippen molar-refractivity contribution >= 4 is 28.2 Å². The van der Waals surface area contributed by atoms with Gasteiger partial charge in [-0.25, -0.2) is 22.0 Å². The molecule has 216 valence electrons. The molecule has 0 aliphatic carbocycles. The number of aryl methyl sites for hydroxylation is 1. The van der Waals surface area contributed by atoms with Gasteiger partial charge in [0.2, 0.25) is 5.82 Å². The molecule has 5 aromatic rings. The van der Waals surface area contributed by atoms with Crippen LogP contribution >= 0.6 is 0 Å². The van der Waals surface area contributed by atoms with Crippen molar-refractivity contribution in [2.45, 2.75) is 20.8 Å². The Balaban J connectivity index is 1.54. The zero-order chi connectivity index (χ0) is 30.7. The van der Waals surface area contributed by atoms with E-state index in [-0.39, 0.29) is 11.4 Å². The fourth-order valence-electron chi connectivity index (χ4n) is 4.63. The highest BCUT2D eigenvalue weighted by Gasteiger charge is 2.31. The predicted molar refractivity (Wildman–Crippen MR) is 163 cm³/mol. The van der Waals surface area contributed by atoms with Gasteiger partial charge in [0.1, 0.15) is 5.69 Å². The Labute approximate surface area is 247 Å². The smallest absolute Gasteiger partial charge is 0.200 e. The topological polar surface area (TPSA) is 16.1 Å². The molecule has 0 bridgehead atoms. The van der Waals surface area contributed by atoms with Gasteiger partial charge in [0.25, 0.3) is 0 Å². The third-order valence-corrected chi connectivity index (χ3v) is 7.16. The summed E-state index contributed by atoms with van der Waals surface area (Å²) >= 11 is 0. The van der Waals surface area contributed by atoms with Crippen LogP contribution < -0.4 is 4.90 Å². The van der Waals surface area contributed by atoms with Gasteiger partial charge in [-0.15, -0.1) is 0 Å². The second-order valence-corrected chi connectivity index (χ2v) is 10.1. The first-order valence-corrected chi connectivity index (χ1v) is 13.5. The van der Waals surface area contributed by atoms with Gasteiger partial charge in [-0.05, 0) is 67.3 Å². The molecule has 0 aliphatic heterocycles. The number of nitrogens with zero attached hydrogens (tertiary/aromatic N) is 2. The van der Waals surface area contributed by atoms with E-state index in [9.17, 15) is 13.2 Å². The molecule has 5 rings (SSSR count). The predicted octanol–water partition coefficient (Wildman–Crippen LogP) is 10.7. The Morgan fingerprint density at radius 2 is 1.07 bits per heavy atom. The van der Waals surface area contributed by atoms with Crippen molar-refractivity contribution < 1.29 is 22.0 Å². The molecule has 2 nitrogen and oxygen atoms in total. The highest BCUT2D eigenvalue weighted by Crippen LogP contribution is 2.40. The van der Waals surface area contributed by atoms with Crippen molar-refractivity contribution in [3.63, 3.8) is 0 Å². The molecule has 0 atom stereocenters. The van der Waals surface area contributed by atoms with E-state index in [1.807, 2.05) is 87.5 Å². The Hall–Kier alpha value is -5.04. The maximum Gasteiger partial charge on any atom is 0.200 e. The SMILES string of the molecule is C/C(=C\C=C(/C)c1ccc(N(c2ccc(-c3ccccc3)nc2)c2c(F)c(F)c(F)c(F)c2F)cc1)c1ccc(C)cc1. The van der Waals surface area contributed by atoms with E-state index in [0.717, 1.165) is 32.7 Å². The maximum absolute atomic E-state index is 15.1. The second kappa shape index (κ2) is 12.4.